The lowest BCUT2D eigenvalue weighted by Gasteiger charge is -2.19. The fraction of sp³-hybridized carbons (Fsp3) is 0.467. The first-order valence-corrected chi connectivity index (χ1v) is 6.62. The third-order valence-corrected chi connectivity index (χ3v) is 3.12. The molecule has 0 spiro atoms. The maximum absolute atomic E-state index is 12.1. The molecule has 0 unspecified atom stereocenters. The molecule has 0 bridgehead atoms. The van der Waals surface area contributed by atoms with Crippen LogP contribution in [0.4, 0.5) is 0 Å². The molecule has 6 nitrogen and oxygen atoms in total. The highest BCUT2D eigenvalue weighted by atomic mass is 16.5. The van der Waals surface area contributed by atoms with E-state index < -0.39 is 12.0 Å². The van der Waals surface area contributed by atoms with Crippen LogP contribution in [-0.4, -0.2) is 37.2 Å². The smallest absolute Gasteiger partial charge is 0.326 e. The van der Waals surface area contributed by atoms with Crippen molar-refractivity contribution in [2.75, 3.05) is 14.2 Å². The van der Waals surface area contributed by atoms with E-state index in [-0.39, 0.29) is 18.2 Å². The van der Waals surface area contributed by atoms with Crippen molar-refractivity contribution in [1.29, 1.82) is 0 Å². The second kappa shape index (κ2) is 7.52. The van der Waals surface area contributed by atoms with E-state index in [4.69, 9.17) is 14.6 Å². The summed E-state index contributed by atoms with van der Waals surface area (Å²) in [7, 11) is 3.01. The molecular weight excluding hydrogens is 274 g/mol. The molecule has 0 aliphatic rings. The number of carboxylic acid groups (broad SMARTS) is 1. The van der Waals surface area contributed by atoms with Crippen molar-refractivity contribution in [3.8, 4) is 11.5 Å². The van der Waals surface area contributed by atoms with Crippen LogP contribution in [0, 0.1) is 5.92 Å². The lowest BCUT2D eigenvalue weighted by atomic mass is 10.0. The highest BCUT2D eigenvalue weighted by Gasteiger charge is 2.24. The largest absolute Gasteiger partial charge is 0.496 e. The van der Waals surface area contributed by atoms with Crippen molar-refractivity contribution in [3.63, 3.8) is 0 Å². The van der Waals surface area contributed by atoms with E-state index in [2.05, 4.69) is 5.32 Å². The fourth-order valence-corrected chi connectivity index (χ4v) is 2.00. The molecule has 0 aromatic heterocycles. The van der Waals surface area contributed by atoms with Gasteiger partial charge in [-0.1, -0.05) is 19.9 Å². The van der Waals surface area contributed by atoms with E-state index in [1.54, 1.807) is 32.0 Å². The van der Waals surface area contributed by atoms with Gasteiger partial charge in [0.25, 0.3) is 0 Å². The number of carbonyl (C=O) groups excluding carboxylic acids is 1. The number of aliphatic carboxylic acids is 1. The third kappa shape index (κ3) is 4.37. The third-order valence-electron chi connectivity index (χ3n) is 3.12. The Labute approximate surface area is 124 Å². The van der Waals surface area contributed by atoms with E-state index >= 15 is 0 Å². The molecule has 1 atom stereocenters. The summed E-state index contributed by atoms with van der Waals surface area (Å²) >= 11 is 0. The van der Waals surface area contributed by atoms with Crippen LogP contribution in [0.3, 0.4) is 0 Å². The number of rotatable bonds is 7. The second-order valence-electron chi connectivity index (χ2n) is 4.95. The van der Waals surface area contributed by atoms with Crippen LogP contribution in [0.2, 0.25) is 0 Å². The molecule has 0 aliphatic carbocycles. The first-order chi connectivity index (χ1) is 9.90. The number of carboxylic acids is 1. The van der Waals surface area contributed by atoms with Gasteiger partial charge in [0.05, 0.1) is 20.6 Å². The van der Waals surface area contributed by atoms with Gasteiger partial charge in [-0.25, -0.2) is 4.79 Å². The quantitative estimate of drug-likeness (QED) is 0.795. The zero-order valence-corrected chi connectivity index (χ0v) is 12.7. The molecule has 21 heavy (non-hydrogen) atoms. The van der Waals surface area contributed by atoms with Crippen LogP contribution < -0.4 is 14.8 Å². The first-order valence-electron chi connectivity index (χ1n) is 6.62. The molecule has 6 heteroatoms. The van der Waals surface area contributed by atoms with Crippen LogP contribution in [0.5, 0.6) is 11.5 Å². The molecule has 116 valence electrons. The van der Waals surface area contributed by atoms with Crippen LogP contribution >= 0.6 is 0 Å². The van der Waals surface area contributed by atoms with Gasteiger partial charge in [-0.2, -0.15) is 0 Å². The highest BCUT2D eigenvalue weighted by Crippen LogP contribution is 2.28. The Hall–Kier alpha value is -2.24. The van der Waals surface area contributed by atoms with Gasteiger partial charge in [0, 0.05) is 5.56 Å². The van der Waals surface area contributed by atoms with Gasteiger partial charge < -0.3 is 19.9 Å². The van der Waals surface area contributed by atoms with Crippen molar-refractivity contribution in [3.05, 3.63) is 23.8 Å². The number of amides is 1. The Morgan fingerprint density at radius 2 is 1.71 bits per heavy atom. The van der Waals surface area contributed by atoms with Crippen molar-refractivity contribution in [1.82, 2.24) is 5.32 Å². The van der Waals surface area contributed by atoms with Gasteiger partial charge in [0.2, 0.25) is 5.91 Å². The molecule has 1 rings (SSSR count). The topological polar surface area (TPSA) is 84.9 Å². The summed E-state index contributed by atoms with van der Waals surface area (Å²) in [5, 5.41) is 11.6. The molecule has 0 heterocycles. The van der Waals surface area contributed by atoms with Gasteiger partial charge in [-0.15, -0.1) is 0 Å². The number of methoxy groups -OCH3 is 2. The van der Waals surface area contributed by atoms with Crippen LogP contribution in [0.15, 0.2) is 18.2 Å². The van der Waals surface area contributed by atoms with E-state index in [1.807, 2.05) is 0 Å². The van der Waals surface area contributed by atoms with Gasteiger partial charge in [0.15, 0.2) is 0 Å². The average molecular weight is 295 g/mol. The normalized spacial score (nSPS) is 11.9. The average Bonchev–Trinajstić information content (AvgIpc) is 2.44. The highest BCUT2D eigenvalue weighted by molar-refractivity contribution is 5.85. The number of nitrogens with one attached hydrogen (secondary N) is 1. The zero-order valence-electron chi connectivity index (χ0n) is 12.7. The monoisotopic (exact) mass is 295 g/mol. The Bertz CT molecular complexity index is 491. The lowest BCUT2D eigenvalue weighted by Crippen LogP contribution is -2.44. The minimum atomic E-state index is -1.05. The molecule has 0 radical (unpaired) electrons. The molecule has 0 aliphatic heterocycles. The molecule has 1 amide bonds. The lowest BCUT2D eigenvalue weighted by molar-refractivity contribution is -0.143. The Morgan fingerprint density at radius 3 is 2.10 bits per heavy atom. The van der Waals surface area contributed by atoms with E-state index in [0.29, 0.717) is 17.1 Å². The summed E-state index contributed by atoms with van der Waals surface area (Å²) < 4.78 is 10.4. The van der Waals surface area contributed by atoms with Crippen molar-refractivity contribution in [2.24, 2.45) is 5.92 Å². The minimum Gasteiger partial charge on any atom is -0.496 e. The zero-order chi connectivity index (χ0) is 16.0. The number of hydrogen-bond acceptors (Lipinski definition) is 4. The van der Waals surface area contributed by atoms with Gasteiger partial charge in [-0.05, 0) is 18.1 Å². The predicted molar refractivity (Wildman–Crippen MR) is 77.7 cm³/mol. The summed E-state index contributed by atoms with van der Waals surface area (Å²) in [4.78, 5) is 23.2. The van der Waals surface area contributed by atoms with Crippen molar-refractivity contribution < 1.29 is 24.2 Å². The molecule has 1 aromatic rings. The Balaban J connectivity index is 2.90. The van der Waals surface area contributed by atoms with Gasteiger partial charge >= 0.3 is 5.97 Å². The van der Waals surface area contributed by atoms with Crippen LogP contribution in [-0.2, 0) is 16.0 Å². The van der Waals surface area contributed by atoms with Gasteiger partial charge in [0.1, 0.15) is 17.5 Å². The number of ether oxygens (including phenoxy) is 2. The predicted octanol–water partition coefficient (Wildman–Crippen LogP) is 1.47. The van der Waals surface area contributed by atoms with Crippen molar-refractivity contribution >= 4 is 11.9 Å². The van der Waals surface area contributed by atoms with E-state index in [1.165, 1.54) is 14.2 Å². The summed E-state index contributed by atoms with van der Waals surface area (Å²) in [6.07, 6.45) is -0.0102. The maximum Gasteiger partial charge on any atom is 0.326 e. The molecule has 0 saturated heterocycles. The molecule has 1 aromatic carbocycles. The minimum absolute atomic E-state index is 0.0102. The maximum atomic E-state index is 12.1. The van der Waals surface area contributed by atoms with Crippen LogP contribution in [0.1, 0.15) is 19.4 Å². The fourth-order valence-electron chi connectivity index (χ4n) is 2.00. The summed E-state index contributed by atoms with van der Waals surface area (Å²) in [6.45, 7) is 3.48. The first kappa shape index (κ1) is 16.8. The Morgan fingerprint density at radius 1 is 1.19 bits per heavy atom. The SMILES string of the molecule is COc1cccc(OC)c1CC(=O)N[C@H](C(=O)O)C(C)C. The molecular formula is C15H21NO5. The number of carbonyl (C=O) groups is 2. The summed E-state index contributed by atoms with van der Waals surface area (Å²) in [6, 6.07) is 4.29. The molecule has 0 fully saturated rings. The molecule has 2 N–H and O–H groups in total. The summed E-state index contributed by atoms with van der Waals surface area (Å²) in [5.74, 6) is -0.586. The standard InChI is InChI=1S/C15H21NO5/c1-9(2)14(15(18)19)16-13(17)8-10-11(20-3)6-5-7-12(10)21-4/h5-7,9,14H,8H2,1-4H3,(H,16,17)(H,18,19)/t14-/m0/s1. The molecule has 0 saturated carbocycles. The number of hydrogen-bond donors (Lipinski definition) is 2. The number of benzene rings is 1. The van der Waals surface area contributed by atoms with E-state index in [9.17, 15) is 9.59 Å². The Kier molecular flexibility index (Phi) is 6.02. The van der Waals surface area contributed by atoms with E-state index in [0.717, 1.165) is 0 Å². The summed E-state index contributed by atoms with van der Waals surface area (Å²) in [5.41, 5.74) is 0.591. The van der Waals surface area contributed by atoms with Crippen LogP contribution in [0.25, 0.3) is 0 Å². The van der Waals surface area contributed by atoms with Gasteiger partial charge in [-0.3, -0.25) is 4.79 Å². The van der Waals surface area contributed by atoms with Crippen molar-refractivity contribution in [2.45, 2.75) is 26.3 Å². The second-order valence-corrected chi connectivity index (χ2v) is 4.95.